The largest absolute Gasteiger partial charge is 0.396 e. The van der Waals surface area contributed by atoms with Crippen LogP contribution in [-0.4, -0.2) is 37.4 Å². The molecule has 7 nitrogen and oxygen atoms in total. The van der Waals surface area contributed by atoms with Gasteiger partial charge >= 0.3 is 0 Å². The molecule has 0 saturated heterocycles. The van der Waals surface area contributed by atoms with Crippen molar-refractivity contribution in [1.29, 1.82) is 0 Å². The van der Waals surface area contributed by atoms with Crippen molar-refractivity contribution >= 4 is 23.0 Å². The van der Waals surface area contributed by atoms with Crippen molar-refractivity contribution < 1.29 is 15.1 Å². The van der Waals surface area contributed by atoms with Gasteiger partial charge in [0, 0.05) is 37.2 Å². The van der Waals surface area contributed by atoms with Crippen LogP contribution in [0.5, 0.6) is 0 Å². The van der Waals surface area contributed by atoms with Crippen LogP contribution in [-0.2, 0) is 11.3 Å². The van der Waals surface area contributed by atoms with E-state index in [0.717, 1.165) is 28.0 Å². The van der Waals surface area contributed by atoms with Crippen molar-refractivity contribution in [3.05, 3.63) is 54.4 Å². The number of hydrogen-bond donors (Lipinski definition) is 3. The second-order valence-electron chi connectivity index (χ2n) is 5.46. The number of carbonyl (C=O) groups is 1. The fraction of sp³-hybridized carbons (Fsp3) is 0.167. The lowest BCUT2D eigenvalue weighted by Gasteiger charge is -2.08. The summed E-state index contributed by atoms with van der Waals surface area (Å²) in [5.74, 6) is 0.214. The highest BCUT2D eigenvalue weighted by Gasteiger charge is 2.12. The van der Waals surface area contributed by atoms with Crippen molar-refractivity contribution in [2.45, 2.75) is 13.0 Å². The highest BCUT2D eigenvalue weighted by molar-refractivity contribution is 5.91. The summed E-state index contributed by atoms with van der Waals surface area (Å²) < 4.78 is 2.06. The Hall–Kier alpha value is -3.03. The van der Waals surface area contributed by atoms with Crippen molar-refractivity contribution in [1.82, 2.24) is 20.0 Å². The van der Waals surface area contributed by atoms with Crippen molar-refractivity contribution in [3.63, 3.8) is 0 Å². The molecule has 3 aromatic rings. The lowest BCUT2D eigenvalue weighted by atomic mass is 10.2. The summed E-state index contributed by atoms with van der Waals surface area (Å²) in [6.45, 7) is 0.749. The minimum absolute atomic E-state index is 0.104. The number of benzene rings is 1. The quantitative estimate of drug-likeness (QED) is 0.363. The number of amides is 1. The summed E-state index contributed by atoms with van der Waals surface area (Å²) >= 11 is 0. The minimum atomic E-state index is -0.592. The molecular weight excluding hydrogens is 320 g/mol. The van der Waals surface area contributed by atoms with E-state index in [0.29, 0.717) is 13.0 Å². The average molecular weight is 338 g/mol. The second-order valence-corrected chi connectivity index (χ2v) is 5.46. The molecule has 25 heavy (non-hydrogen) atoms. The van der Waals surface area contributed by atoms with Crippen LogP contribution in [0.25, 0.3) is 28.5 Å². The zero-order valence-electron chi connectivity index (χ0n) is 13.5. The molecule has 2 aromatic heterocycles. The predicted molar refractivity (Wildman–Crippen MR) is 93.6 cm³/mol. The SMILES string of the molecule is O=C(C=Cc1ccc2c(c1)nc(-c1ccncc1)n2CCCO)NO. The van der Waals surface area contributed by atoms with Crippen LogP contribution in [0.3, 0.4) is 0 Å². The number of imidazole rings is 1. The second kappa shape index (κ2) is 7.69. The normalized spacial score (nSPS) is 11.3. The Morgan fingerprint density at radius 1 is 1.24 bits per heavy atom. The van der Waals surface area contributed by atoms with E-state index in [9.17, 15) is 9.90 Å². The standard InChI is InChI=1S/C18H18N4O3/c23-11-1-10-22-16-4-2-13(3-5-17(24)21-25)12-15(16)20-18(22)14-6-8-19-9-7-14/h2-9,12,23,25H,1,10-11H2,(H,21,24). The molecule has 0 atom stereocenters. The van der Waals surface area contributed by atoms with E-state index in [2.05, 4.69) is 9.55 Å². The molecule has 0 radical (unpaired) electrons. The summed E-state index contributed by atoms with van der Waals surface area (Å²) in [4.78, 5) is 19.9. The highest BCUT2D eigenvalue weighted by atomic mass is 16.5. The van der Waals surface area contributed by atoms with Gasteiger partial charge in [0.2, 0.25) is 0 Å². The van der Waals surface area contributed by atoms with Gasteiger partial charge in [-0.05, 0) is 42.3 Å². The van der Waals surface area contributed by atoms with E-state index < -0.39 is 5.91 Å². The third kappa shape index (κ3) is 3.73. The Bertz CT molecular complexity index is 903. The van der Waals surface area contributed by atoms with Gasteiger partial charge in [0.05, 0.1) is 11.0 Å². The van der Waals surface area contributed by atoms with Gasteiger partial charge < -0.3 is 9.67 Å². The Morgan fingerprint density at radius 3 is 2.76 bits per heavy atom. The van der Waals surface area contributed by atoms with Crippen LogP contribution in [0.4, 0.5) is 0 Å². The molecule has 7 heteroatoms. The zero-order chi connectivity index (χ0) is 17.6. The van der Waals surface area contributed by atoms with Gasteiger partial charge in [-0.2, -0.15) is 0 Å². The molecule has 3 N–H and O–H groups in total. The summed E-state index contributed by atoms with van der Waals surface area (Å²) in [6, 6.07) is 9.46. The van der Waals surface area contributed by atoms with Crippen LogP contribution < -0.4 is 5.48 Å². The summed E-state index contributed by atoms with van der Waals surface area (Å²) in [5.41, 5.74) is 5.03. The molecule has 0 saturated carbocycles. The third-order valence-electron chi connectivity index (χ3n) is 3.79. The molecule has 1 aromatic carbocycles. The monoisotopic (exact) mass is 338 g/mol. The number of pyridine rings is 1. The van der Waals surface area contributed by atoms with Gasteiger partial charge in [0.15, 0.2) is 0 Å². The van der Waals surface area contributed by atoms with Gasteiger partial charge in [-0.3, -0.25) is 15.0 Å². The first-order valence-corrected chi connectivity index (χ1v) is 7.86. The lowest BCUT2D eigenvalue weighted by Crippen LogP contribution is -2.14. The summed E-state index contributed by atoms with van der Waals surface area (Å²) in [5, 5.41) is 17.7. The Labute approximate surface area is 144 Å². The smallest absolute Gasteiger partial charge is 0.267 e. The number of aromatic nitrogens is 3. The molecule has 0 spiro atoms. The number of hydroxylamine groups is 1. The van der Waals surface area contributed by atoms with Gasteiger partial charge in [0.25, 0.3) is 5.91 Å². The summed E-state index contributed by atoms with van der Waals surface area (Å²) in [7, 11) is 0. The van der Waals surface area contributed by atoms with Crippen molar-refractivity contribution in [2.24, 2.45) is 0 Å². The maximum atomic E-state index is 11.1. The number of nitrogens with one attached hydrogen (secondary N) is 1. The van der Waals surface area contributed by atoms with E-state index >= 15 is 0 Å². The van der Waals surface area contributed by atoms with Gasteiger partial charge in [0.1, 0.15) is 5.82 Å². The molecule has 0 aliphatic rings. The Morgan fingerprint density at radius 2 is 2.04 bits per heavy atom. The molecule has 0 fully saturated rings. The first kappa shape index (κ1) is 16.8. The average Bonchev–Trinajstić information content (AvgIpc) is 3.02. The molecule has 1 amide bonds. The maximum Gasteiger partial charge on any atom is 0.267 e. The van der Waals surface area contributed by atoms with Gasteiger partial charge in [-0.1, -0.05) is 6.07 Å². The number of aryl methyl sites for hydroxylation is 1. The van der Waals surface area contributed by atoms with Crippen LogP contribution in [0.2, 0.25) is 0 Å². The van der Waals surface area contributed by atoms with E-state index in [1.807, 2.05) is 30.3 Å². The topological polar surface area (TPSA) is 100 Å². The molecular formula is C18H18N4O3. The Balaban J connectivity index is 2.06. The number of aliphatic hydroxyl groups excluding tert-OH is 1. The van der Waals surface area contributed by atoms with Gasteiger partial charge in [-0.15, -0.1) is 0 Å². The van der Waals surface area contributed by atoms with Crippen LogP contribution in [0.15, 0.2) is 48.8 Å². The van der Waals surface area contributed by atoms with Crippen LogP contribution in [0.1, 0.15) is 12.0 Å². The first-order chi connectivity index (χ1) is 12.2. The number of fused-ring (bicyclic) bond motifs is 1. The van der Waals surface area contributed by atoms with E-state index in [-0.39, 0.29) is 6.61 Å². The number of rotatable bonds is 6. The number of hydrogen-bond acceptors (Lipinski definition) is 5. The van der Waals surface area contributed by atoms with Gasteiger partial charge in [-0.25, -0.2) is 10.5 Å². The third-order valence-corrected chi connectivity index (χ3v) is 3.79. The molecule has 0 unspecified atom stereocenters. The van der Waals surface area contributed by atoms with Crippen molar-refractivity contribution in [2.75, 3.05) is 6.61 Å². The molecule has 0 bridgehead atoms. The van der Waals surface area contributed by atoms with Crippen LogP contribution in [0, 0.1) is 0 Å². The zero-order valence-corrected chi connectivity index (χ0v) is 13.5. The maximum absolute atomic E-state index is 11.1. The van der Waals surface area contributed by atoms with Crippen molar-refractivity contribution in [3.8, 4) is 11.4 Å². The van der Waals surface area contributed by atoms with E-state index in [4.69, 9.17) is 10.2 Å². The van der Waals surface area contributed by atoms with E-state index in [1.54, 1.807) is 23.9 Å². The first-order valence-electron chi connectivity index (χ1n) is 7.86. The molecule has 0 aliphatic heterocycles. The predicted octanol–water partition coefficient (Wildman–Crippen LogP) is 2.00. The molecule has 0 aliphatic carbocycles. The highest BCUT2D eigenvalue weighted by Crippen LogP contribution is 2.26. The van der Waals surface area contributed by atoms with E-state index in [1.165, 1.54) is 6.08 Å². The fourth-order valence-electron chi connectivity index (χ4n) is 2.64. The molecule has 3 rings (SSSR count). The number of carbonyl (C=O) groups excluding carboxylic acids is 1. The fourth-order valence-corrected chi connectivity index (χ4v) is 2.64. The van der Waals surface area contributed by atoms with Crippen LogP contribution >= 0.6 is 0 Å². The molecule has 2 heterocycles. The number of nitrogens with zero attached hydrogens (tertiary/aromatic N) is 3. The Kier molecular flexibility index (Phi) is 5.17. The summed E-state index contributed by atoms with van der Waals surface area (Å²) in [6.07, 6.45) is 6.90. The number of aliphatic hydroxyl groups is 1. The lowest BCUT2D eigenvalue weighted by molar-refractivity contribution is -0.124. The minimum Gasteiger partial charge on any atom is -0.396 e. The molecule has 128 valence electrons.